The van der Waals surface area contributed by atoms with Crippen molar-refractivity contribution in [2.45, 2.75) is 31.4 Å². The summed E-state index contributed by atoms with van der Waals surface area (Å²) in [5, 5.41) is 11.7. The number of nitrogens with one attached hydrogen (secondary N) is 1. The van der Waals surface area contributed by atoms with Crippen LogP contribution in [0.3, 0.4) is 0 Å². The SMILES string of the molecule is O=C(O)CC1CSCCN1C(=O)NCC1CCCO1. The van der Waals surface area contributed by atoms with Crippen LogP contribution < -0.4 is 5.32 Å². The monoisotopic (exact) mass is 288 g/mol. The highest BCUT2D eigenvalue weighted by Gasteiger charge is 2.29. The average molecular weight is 288 g/mol. The Morgan fingerprint density at radius 3 is 3.00 bits per heavy atom. The molecule has 0 radical (unpaired) electrons. The fourth-order valence-electron chi connectivity index (χ4n) is 2.40. The van der Waals surface area contributed by atoms with Crippen LogP contribution in [0.15, 0.2) is 0 Å². The summed E-state index contributed by atoms with van der Waals surface area (Å²) in [5.41, 5.74) is 0. The van der Waals surface area contributed by atoms with Crippen molar-refractivity contribution in [3.63, 3.8) is 0 Å². The number of hydrogen-bond donors (Lipinski definition) is 2. The molecule has 7 heteroatoms. The van der Waals surface area contributed by atoms with E-state index in [1.54, 1.807) is 16.7 Å². The third-order valence-electron chi connectivity index (χ3n) is 3.40. The zero-order chi connectivity index (χ0) is 13.7. The summed E-state index contributed by atoms with van der Waals surface area (Å²) in [7, 11) is 0. The second-order valence-electron chi connectivity index (χ2n) is 4.84. The van der Waals surface area contributed by atoms with E-state index in [9.17, 15) is 9.59 Å². The molecule has 0 spiro atoms. The highest BCUT2D eigenvalue weighted by atomic mass is 32.2. The average Bonchev–Trinajstić information content (AvgIpc) is 2.89. The van der Waals surface area contributed by atoms with Gasteiger partial charge in [0, 0.05) is 31.2 Å². The molecule has 2 N–H and O–H groups in total. The van der Waals surface area contributed by atoms with Crippen molar-refractivity contribution >= 4 is 23.8 Å². The molecule has 2 fully saturated rings. The van der Waals surface area contributed by atoms with Crippen molar-refractivity contribution in [3.05, 3.63) is 0 Å². The zero-order valence-corrected chi connectivity index (χ0v) is 11.7. The number of ether oxygens (including phenoxy) is 1. The van der Waals surface area contributed by atoms with Crippen LogP contribution in [0.25, 0.3) is 0 Å². The van der Waals surface area contributed by atoms with Crippen molar-refractivity contribution < 1.29 is 19.4 Å². The Morgan fingerprint density at radius 1 is 1.47 bits per heavy atom. The lowest BCUT2D eigenvalue weighted by Crippen LogP contribution is -2.52. The number of carbonyl (C=O) groups is 2. The number of hydrogen-bond acceptors (Lipinski definition) is 4. The molecule has 108 valence electrons. The number of amides is 2. The second kappa shape index (κ2) is 7.00. The fraction of sp³-hybridized carbons (Fsp3) is 0.833. The molecule has 6 nitrogen and oxygen atoms in total. The molecule has 2 rings (SSSR count). The number of rotatable bonds is 4. The number of carbonyl (C=O) groups excluding carboxylic acids is 1. The van der Waals surface area contributed by atoms with Gasteiger partial charge in [-0.15, -0.1) is 0 Å². The van der Waals surface area contributed by atoms with Crippen LogP contribution in [-0.4, -0.2) is 65.4 Å². The predicted molar refractivity (Wildman–Crippen MR) is 72.4 cm³/mol. The maximum atomic E-state index is 12.1. The molecule has 2 saturated heterocycles. The van der Waals surface area contributed by atoms with Gasteiger partial charge in [0.1, 0.15) is 0 Å². The Hall–Kier alpha value is -0.950. The normalized spacial score (nSPS) is 27.3. The Bertz CT molecular complexity index is 334. The maximum absolute atomic E-state index is 12.1. The van der Waals surface area contributed by atoms with Gasteiger partial charge in [-0.25, -0.2) is 4.79 Å². The molecule has 0 bridgehead atoms. The Kier molecular flexibility index (Phi) is 5.33. The summed E-state index contributed by atoms with van der Waals surface area (Å²) in [6.45, 7) is 1.89. The van der Waals surface area contributed by atoms with E-state index >= 15 is 0 Å². The number of thioether (sulfide) groups is 1. The van der Waals surface area contributed by atoms with Crippen LogP contribution >= 0.6 is 11.8 Å². The minimum Gasteiger partial charge on any atom is -0.481 e. The van der Waals surface area contributed by atoms with Crippen LogP contribution in [0.2, 0.25) is 0 Å². The fourth-order valence-corrected chi connectivity index (χ4v) is 3.46. The first-order valence-corrected chi connectivity index (χ1v) is 7.78. The van der Waals surface area contributed by atoms with Crippen molar-refractivity contribution in [1.82, 2.24) is 10.2 Å². The minimum absolute atomic E-state index is 0.0142. The second-order valence-corrected chi connectivity index (χ2v) is 5.99. The van der Waals surface area contributed by atoms with Gasteiger partial charge >= 0.3 is 12.0 Å². The molecule has 0 aromatic carbocycles. The summed E-state index contributed by atoms with van der Waals surface area (Å²) >= 11 is 1.70. The Morgan fingerprint density at radius 2 is 2.32 bits per heavy atom. The quantitative estimate of drug-likeness (QED) is 0.799. The third kappa shape index (κ3) is 4.28. The van der Waals surface area contributed by atoms with Gasteiger partial charge in [0.25, 0.3) is 0 Å². The zero-order valence-electron chi connectivity index (χ0n) is 10.8. The van der Waals surface area contributed by atoms with Gasteiger partial charge < -0.3 is 20.1 Å². The highest BCUT2D eigenvalue weighted by Crippen LogP contribution is 2.19. The summed E-state index contributed by atoms with van der Waals surface area (Å²) in [4.78, 5) is 24.6. The first-order chi connectivity index (χ1) is 9.16. The molecule has 2 unspecified atom stereocenters. The first-order valence-electron chi connectivity index (χ1n) is 6.62. The van der Waals surface area contributed by atoms with Crippen molar-refractivity contribution in [2.75, 3.05) is 31.2 Å². The van der Waals surface area contributed by atoms with Gasteiger partial charge in [0.15, 0.2) is 0 Å². The number of carboxylic acids is 1. The Balaban J connectivity index is 1.82. The lowest BCUT2D eigenvalue weighted by Gasteiger charge is -2.34. The minimum atomic E-state index is -0.857. The van der Waals surface area contributed by atoms with E-state index in [0.717, 1.165) is 25.2 Å². The number of urea groups is 1. The molecule has 0 aliphatic carbocycles. The van der Waals surface area contributed by atoms with Crippen molar-refractivity contribution in [2.24, 2.45) is 0 Å². The molecule has 2 aliphatic heterocycles. The van der Waals surface area contributed by atoms with Gasteiger partial charge in [-0.05, 0) is 12.8 Å². The van der Waals surface area contributed by atoms with E-state index in [1.807, 2.05) is 0 Å². The maximum Gasteiger partial charge on any atom is 0.317 e. The molecule has 0 aromatic rings. The lowest BCUT2D eigenvalue weighted by molar-refractivity contribution is -0.138. The summed E-state index contributed by atoms with van der Waals surface area (Å²) in [6, 6.07) is -0.372. The van der Waals surface area contributed by atoms with Gasteiger partial charge in [-0.2, -0.15) is 11.8 Å². The number of carboxylic acid groups (broad SMARTS) is 1. The Labute approximate surface area is 116 Å². The number of aliphatic carboxylic acids is 1. The first kappa shape index (κ1) is 14.5. The van der Waals surface area contributed by atoms with Crippen LogP contribution in [0, 0.1) is 0 Å². The topological polar surface area (TPSA) is 78.9 Å². The predicted octanol–water partition coefficient (Wildman–Crippen LogP) is 0.767. The largest absolute Gasteiger partial charge is 0.481 e. The molecule has 2 aliphatic rings. The van der Waals surface area contributed by atoms with Gasteiger partial charge in [0.2, 0.25) is 0 Å². The van der Waals surface area contributed by atoms with E-state index in [1.165, 1.54) is 0 Å². The lowest BCUT2D eigenvalue weighted by atomic mass is 10.2. The summed E-state index contributed by atoms with van der Waals surface area (Å²) in [5.74, 6) is 0.702. The van der Waals surface area contributed by atoms with Crippen LogP contribution in [0.4, 0.5) is 4.79 Å². The van der Waals surface area contributed by atoms with E-state index in [2.05, 4.69) is 5.32 Å². The van der Waals surface area contributed by atoms with Gasteiger partial charge in [-0.3, -0.25) is 4.79 Å². The third-order valence-corrected chi connectivity index (χ3v) is 4.50. The molecule has 0 aromatic heterocycles. The van der Waals surface area contributed by atoms with Crippen LogP contribution in [-0.2, 0) is 9.53 Å². The van der Waals surface area contributed by atoms with Crippen molar-refractivity contribution in [1.29, 1.82) is 0 Å². The van der Waals surface area contributed by atoms with Crippen LogP contribution in [0.1, 0.15) is 19.3 Å². The van der Waals surface area contributed by atoms with Gasteiger partial charge in [-0.1, -0.05) is 0 Å². The molecule has 2 amide bonds. The molecule has 2 atom stereocenters. The highest BCUT2D eigenvalue weighted by molar-refractivity contribution is 7.99. The van der Waals surface area contributed by atoms with Gasteiger partial charge in [0.05, 0.1) is 18.6 Å². The van der Waals surface area contributed by atoms with Crippen molar-refractivity contribution in [3.8, 4) is 0 Å². The summed E-state index contributed by atoms with van der Waals surface area (Å²) < 4.78 is 5.45. The molecule has 2 heterocycles. The summed E-state index contributed by atoms with van der Waals surface area (Å²) in [6.07, 6.45) is 2.15. The standard InChI is InChI=1S/C12H20N2O4S/c15-11(16)6-9-8-19-5-3-14(9)12(17)13-7-10-2-1-4-18-10/h9-10H,1-8H2,(H,13,17)(H,15,16). The molecule has 0 saturated carbocycles. The van der Waals surface area contributed by atoms with E-state index < -0.39 is 5.97 Å². The molecular weight excluding hydrogens is 268 g/mol. The number of nitrogens with zero attached hydrogens (tertiary/aromatic N) is 1. The molecular formula is C12H20N2O4S. The van der Waals surface area contributed by atoms with E-state index in [-0.39, 0.29) is 24.6 Å². The smallest absolute Gasteiger partial charge is 0.317 e. The van der Waals surface area contributed by atoms with E-state index in [0.29, 0.717) is 18.8 Å². The van der Waals surface area contributed by atoms with Crippen LogP contribution in [0.5, 0.6) is 0 Å². The van der Waals surface area contributed by atoms with E-state index in [4.69, 9.17) is 9.84 Å². The molecule has 19 heavy (non-hydrogen) atoms.